The van der Waals surface area contributed by atoms with Gasteiger partial charge in [0.15, 0.2) is 0 Å². The zero-order valence-corrected chi connectivity index (χ0v) is 34.7. The van der Waals surface area contributed by atoms with Crippen LogP contribution in [0.1, 0.15) is 40.3 Å². The molecule has 0 amide bonds. The van der Waals surface area contributed by atoms with Gasteiger partial charge in [-0.25, -0.2) is 9.97 Å². The molecular weight excluding hydrogens is 759 g/mol. The number of aromatic nitrogens is 3. The van der Waals surface area contributed by atoms with Gasteiger partial charge >= 0.3 is 0 Å². The van der Waals surface area contributed by atoms with Crippen LogP contribution in [0.5, 0.6) is 0 Å². The molecule has 4 heteroatoms. The molecule has 13 rings (SSSR count). The minimum Gasteiger partial charge on any atom is -0.278 e. The second-order valence-electron chi connectivity index (χ2n) is 16.9. The Hall–Kier alpha value is -7.14. The third-order valence-corrected chi connectivity index (χ3v) is 14.6. The van der Waals surface area contributed by atoms with E-state index in [-0.39, 0.29) is 5.92 Å². The molecule has 11 aromatic rings. The Morgan fingerprint density at radius 2 is 1.31 bits per heavy atom. The van der Waals surface area contributed by atoms with Crippen LogP contribution in [0.2, 0.25) is 0 Å². The highest BCUT2D eigenvalue weighted by atomic mass is 32.1. The van der Waals surface area contributed by atoms with E-state index in [0.717, 1.165) is 41.0 Å². The van der Waals surface area contributed by atoms with E-state index in [2.05, 4.69) is 188 Å². The first-order valence-electron chi connectivity index (χ1n) is 21.3. The zero-order valence-electron chi connectivity index (χ0n) is 33.9. The molecule has 0 spiro atoms. The van der Waals surface area contributed by atoms with Crippen LogP contribution in [0.15, 0.2) is 170 Å². The van der Waals surface area contributed by atoms with Crippen LogP contribution in [0.25, 0.3) is 103 Å². The summed E-state index contributed by atoms with van der Waals surface area (Å²) in [6, 6.07) is 54.3. The van der Waals surface area contributed by atoms with Crippen LogP contribution in [0, 0.1) is 13.8 Å². The molecule has 0 bridgehead atoms. The smallest absolute Gasteiger partial charge is 0.235 e. The van der Waals surface area contributed by atoms with E-state index in [0.29, 0.717) is 0 Å². The van der Waals surface area contributed by atoms with Gasteiger partial charge in [0.25, 0.3) is 0 Å². The van der Waals surface area contributed by atoms with Gasteiger partial charge in [-0.2, -0.15) is 0 Å². The van der Waals surface area contributed by atoms with Crippen LogP contribution in [0.3, 0.4) is 0 Å². The number of allylic oxidation sites excluding steroid dienone is 4. The molecule has 288 valence electrons. The Kier molecular flexibility index (Phi) is 7.50. The fourth-order valence-electron chi connectivity index (χ4n) is 10.4. The third kappa shape index (κ3) is 5.22. The lowest BCUT2D eigenvalue weighted by Crippen LogP contribution is -2.07. The molecule has 8 aromatic carbocycles. The topological polar surface area (TPSA) is 30.7 Å². The summed E-state index contributed by atoms with van der Waals surface area (Å²) >= 11 is 1.81. The van der Waals surface area contributed by atoms with E-state index in [4.69, 9.17) is 9.97 Å². The first-order chi connectivity index (χ1) is 30.1. The lowest BCUT2D eigenvalue weighted by atomic mass is 9.89. The number of aryl methyl sites for hydroxylation is 2. The van der Waals surface area contributed by atoms with Gasteiger partial charge in [0.2, 0.25) is 5.95 Å². The largest absolute Gasteiger partial charge is 0.278 e. The second-order valence-corrected chi connectivity index (χ2v) is 18.0. The molecular formula is C57H39N3S. The Morgan fingerprint density at radius 3 is 2.18 bits per heavy atom. The normalized spacial score (nSPS) is 14.6. The van der Waals surface area contributed by atoms with Crippen molar-refractivity contribution in [1.29, 1.82) is 0 Å². The summed E-state index contributed by atoms with van der Waals surface area (Å²) in [5.41, 5.74) is 17.3. The number of hydrogen-bond donors (Lipinski definition) is 0. The SMILES string of the molecule is Cc1ccc(-c2ccc3c(c2)c2cc4c(cc2n3-c2nc(C3C=CC=CC3)c3sc5ccccc5c3n2)Cc2c-4ccc3ccccc23)cc1-c1c(C)ccc2ccccc12. The molecule has 2 aliphatic carbocycles. The van der Waals surface area contributed by atoms with Crippen molar-refractivity contribution in [3.63, 3.8) is 0 Å². The van der Waals surface area contributed by atoms with Crippen LogP contribution in [-0.2, 0) is 6.42 Å². The maximum Gasteiger partial charge on any atom is 0.235 e. The van der Waals surface area contributed by atoms with E-state index in [9.17, 15) is 0 Å². The van der Waals surface area contributed by atoms with Crippen LogP contribution >= 0.6 is 11.3 Å². The molecule has 3 heterocycles. The summed E-state index contributed by atoms with van der Waals surface area (Å²) in [5.74, 6) is 0.904. The Morgan fingerprint density at radius 1 is 0.574 bits per heavy atom. The van der Waals surface area contributed by atoms with Gasteiger partial charge in [0, 0.05) is 26.8 Å². The van der Waals surface area contributed by atoms with Gasteiger partial charge in [-0.1, -0.05) is 133 Å². The maximum atomic E-state index is 5.58. The van der Waals surface area contributed by atoms with Crippen molar-refractivity contribution >= 4 is 75.0 Å². The first-order valence-corrected chi connectivity index (χ1v) is 22.1. The van der Waals surface area contributed by atoms with Gasteiger partial charge in [-0.15, -0.1) is 11.3 Å². The van der Waals surface area contributed by atoms with Gasteiger partial charge in [-0.3, -0.25) is 4.57 Å². The fourth-order valence-corrected chi connectivity index (χ4v) is 11.6. The van der Waals surface area contributed by atoms with Gasteiger partial charge < -0.3 is 0 Å². The van der Waals surface area contributed by atoms with Crippen molar-refractivity contribution in [2.24, 2.45) is 0 Å². The van der Waals surface area contributed by atoms with Crippen LogP contribution in [-0.4, -0.2) is 14.5 Å². The minimum absolute atomic E-state index is 0.176. The van der Waals surface area contributed by atoms with E-state index >= 15 is 0 Å². The molecule has 1 atom stereocenters. The minimum atomic E-state index is 0.176. The molecule has 0 saturated heterocycles. The summed E-state index contributed by atoms with van der Waals surface area (Å²) in [6.45, 7) is 4.47. The summed E-state index contributed by atoms with van der Waals surface area (Å²) in [7, 11) is 0. The molecule has 0 saturated carbocycles. The Labute approximate surface area is 357 Å². The second kappa shape index (κ2) is 13.2. The van der Waals surface area contributed by atoms with Crippen molar-refractivity contribution in [3.05, 3.63) is 198 Å². The highest BCUT2D eigenvalue weighted by Crippen LogP contribution is 2.46. The van der Waals surface area contributed by atoms with Gasteiger partial charge in [0.05, 0.1) is 26.9 Å². The molecule has 3 nitrogen and oxygen atoms in total. The highest BCUT2D eigenvalue weighted by molar-refractivity contribution is 7.25. The summed E-state index contributed by atoms with van der Waals surface area (Å²) in [4.78, 5) is 11.1. The molecule has 0 aliphatic heterocycles. The van der Waals surface area contributed by atoms with Crippen LogP contribution < -0.4 is 0 Å². The number of thiophene rings is 1. The Bertz CT molecular complexity index is 3750. The van der Waals surface area contributed by atoms with Crippen molar-refractivity contribution in [1.82, 2.24) is 14.5 Å². The molecule has 0 radical (unpaired) electrons. The summed E-state index contributed by atoms with van der Waals surface area (Å²) < 4.78 is 4.78. The lowest BCUT2D eigenvalue weighted by molar-refractivity contribution is 0.812. The number of fused-ring (bicyclic) bond motifs is 12. The maximum absolute atomic E-state index is 5.58. The lowest BCUT2D eigenvalue weighted by Gasteiger charge is -2.16. The highest BCUT2D eigenvalue weighted by Gasteiger charge is 2.27. The molecule has 2 aliphatic rings. The van der Waals surface area contributed by atoms with Crippen molar-refractivity contribution in [2.45, 2.75) is 32.6 Å². The van der Waals surface area contributed by atoms with E-state index in [1.54, 1.807) is 0 Å². The van der Waals surface area contributed by atoms with Gasteiger partial charge in [-0.05, 0) is 140 Å². The van der Waals surface area contributed by atoms with E-state index < -0.39 is 0 Å². The summed E-state index contributed by atoms with van der Waals surface area (Å²) in [5, 5.41) is 8.79. The molecule has 3 aromatic heterocycles. The molecule has 61 heavy (non-hydrogen) atoms. The zero-order chi connectivity index (χ0) is 40.3. The van der Waals surface area contributed by atoms with Crippen molar-refractivity contribution in [3.8, 4) is 39.3 Å². The molecule has 0 fully saturated rings. The average molecular weight is 798 g/mol. The fraction of sp³-hybridized carbons (Fsp3) is 0.0877. The predicted molar refractivity (Wildman–Crippen MR) is 258 cm³/mol. The van der Waals surface area contributed by atoms with Crippen molar-refractivity contribution in [2.75, 3.05) is 0 Å². The van der Waals surface area contributed by atoms with E-state index in [1.165, 1.54) is 103 Å². The predicted octanol–water partition coefficient (Wildman–Crippen LogP) is 15.4. The quantitative estimate of drug-likeness (QED) is 0.178. The summed E-state index contributed by atoms with van der Waals surface area (Å²) in [6.07, 6.45) is 10.7. The number of benzene rings is 8. The molecule has 1 unspecified atom stereocenters. The third-order valence-electron chi connectivity index (χ3n) is 13.4. The van der Waals surface area contributed by atoms with E-state index in [1.807, 2.05) is 11.3 Å². The Balaban J connectivity index is 1.07. The number of hydrogen-bond acceptors (Lipinski definition) is 3. The standard InChI is InChI=1S/C57H39N3S/c1-33-20-23-38(28-45(33)53-34(2)21-22-36-13-7-9-17-42(36)53)39-25-27-50-48(29-39)49-32-46-40(30-47-41-16-8-6-12-35(41)24-26-43(46)47)31-51(49)60(50)57-58-54(37-14-4-3-5-15-37)56-55(59-57)44-18-10-11-19-52(44)61-56/h3-14,16-29,31-32,37H,15,30H2,1-2H3. The van der Waals surface area contributed by atoms with Gasteiger partial charge in [0.1, 0.15) is 0 Å². The number of rotatable bonds is 4. The average Bonchev–Trinajstić information content (AvgIpc) is 3.97. The monoisotopic (exact) mass is 797 g/mol. The first kappa shape index (κ1) is 34.7. The van der Waals surface area contributed by atoms with Crippen molar-refractivity contribution < 1.29 is 0 Å². The van der Waals surface area contributed by atoms with Crippen LogP contribution in [0.4, 0.5) is 0 Å². The molecule has 0 N–H and O–H groups in total. The number of nitrogens with zero attached hydrogens (tertiary/aromatic N) is 3.